The molecule has 1 unspecified atom stereocenters. The summed E-state index contributed by atoms with van der Waals surface area (Å²) < 4.78 is 26.2. The Morgan fingerprint density at radius 2 is 1.95 bits per heavy atom. The van der Waals surface area contributed by atoms with E-state index >= 15 is 0 Å². The lowest BCUT2D eigenvalue weighted by molar-refractivity contribution is -0.136. The Balaban J connectivity index is 2.11. The number of sulfonamides is 1. The summed E-state index contributed by atoms with van der Waals surface area (Å²) >= 11 is 0. The highest BCUT2D eigenvalue weighted by Crippen LogP contribution is 2.21. The van der Waals surface area contributed by atoms with Crippen LogP contribution >= 0.6 is 0 Å². The number of aryl methyl sites for hydroxylation is 1. The number of carboxylic acid groups (broad SMARTS) is 1. The molecule has 0 aromatic heterocycles. The summed E-state index contributed by atoms with van der Waals surface area (Å²) in [5.41, 5.74) is 0.787. The molecule has 0 saturated carbocycles. The van der Waals surface area contributed by atoms with Crippen molar-refractivity contribution in [3.63, 3.8) is 0 Å². The molecule has 0 amide bonds. The van der Waals surface area contributed by atoms with Crippen molar-refractivity contribution in [1.82, 2.24) is 4.31 Å². The van der Waals surface area contributed by atoms with Crippen LogP contribution in [0.4, 0.5) is 0 Å². The van der Waals surface area contributed by atoms with Crippen LogP contribution in [0.3, 0.4) is 0 Å². The number of hydrogen-bond acceptors (Lipinski definition) is 4. The van der Waals surface area contributed by atoms with Crippen molar-refractivity contribution in [2.45, 2.75) is 36.7 Å². The van der Waals surface area contributed by atoms with Gasteiger partial charge in [0.2, 0.25) is 10.0 Å². The van der Waals surface area contributed by atoms with Gasteiger partial charge in [-0.15, -0.1) is 0 Å². The van der Waals surface area contributed by atoms with Crippen molar-refractivity contribution in [2.24, 2.45) is 0 Å². The number of hydrogen-bond donors (Lipinski definition) is 2. The molecule has 1 aliphatic heterocycles. The van der Waals surface area contributed by atoms with Crippen molar-refractivity contribution in [1.29, 1.82) is 0 Å². The largest absolute Gasteiger partial charge is 0.481 e. The highest BCUT2D eigenvalue weighted by Gasteiger charge is 2.29. The molecule has 2 N–H and O–H groups in total. The molecular weight excluding hydrogens is 294 g/mol. The van der Waals surface area contributed by atoms with E-state index in [0.29, 0.717) is 25.8 Å². The highest BCUT2D eigenvalue weighted by molar-refractivity contribution is 7.89. The Bertz CT molecular complexity index is 596. The fraction of sp³-hybridized carbons (Fsp3) is 0.500. The summed E-state index contributed by atoms with van der Waals surface area (Å²) in [4.78, 5) is 10.7. The molecule has 0 aliphatic carbocycles. The maximum absolute atomic E-state index is 12.4. The van der Waals surface area contributed by atoms with Crippen molar-refractivity contribution < 1.29 is 23.4 Å². The Morgan fingerprint density at radius 1 is 1.29 bits per heavy atom. The van der Waals surface area contributed by atoms with Crippen LogP contribution in [0.5, 0.6) is 0 Å². The van der Waals surface area contributed by atoms with Gasteiger partial charge in [0.25, 0.3) is 0 Å². The summed E-state index contributed by atoms with van der Waals surface area (Å²) in [5, 5.41) is 18.2. The number of nitrogens with zero attached hydrogens (tertiary/aromatic N) is 1. The van der Waals surface area contributed by atoms with Crippen LogP contribution in [0.2, 0.25) is 0 Å². The van der Waals surface area contributed by atoms with E-state index in [1.807, 2.05) is 0 Å². The van der Waals surface area contributed by atoms with E-state index in [0.717, 1.165) is 5.56 Å². The summed E-state index contributed by atoms with van der Waals surface area (Å²) in [7, 11) is -3.59. The first kappa shape index (κ1) is 15.9. The molecule has 7 heteroatoms. The fourth-order valence-corrected chi connectivity index (χ4v) is 3.88. The third-order valence-corrected chi connectivity index (χ3v) is 5.43. The molecule has 0 spiro atoms. The fourth-order valence-electron chi connectivity index (χ4n) is 2.37. The monoisotopic (exact) mass is 313 g/mol. The molecule has 6 nitrogen and oxygen atoms in total. The van der Waals surface area contributed by atoms with Crippen molar-refractivity contribution in [3.05, 3.63) is 29.8 Å². The minimum absolute atomic E-state index is 0.0183. The molecule has 1 aromatic rings. The Labute approximate surface area is 124 Å². The van der Waals surface area contributed by atoms with Crippen LogP contribution < -0.4 is 0 Å². The molecule has 2 rings (SSSR count). The minimum Gasteiger partial charge on any atom is -0.481 e. The number of piperidine rings is 1. The van der Waals surface area contributed by atoms with Crippen LogP contribution in [-0.2, 0) is 21.2 Å². The van der Waals surface area contributed by atoms with Gasteiger partial charge in [-0.25, -0.2) is 8.42 Å². The number of carbonyl (C=O) groups is 1. The molecule has 1 aromatic carbocycles. The van der Waals surface area contributed by atoms with Gasteiger partial charge in [-0.2, -0.15) is 4.31 Å². The van der Waals surface area contributed by atoms with Crippen LogP contribution in [0.25, 0.3) is 0 Å². The number of rotatable bonds is 5. The molecule has 1 fully saturated rings. The van der Waals surface area contributed by atoms with Gasteiger partial charge < -0.3 is 10.2 Å². The third-order valence-electron chi connectivity index (χ3n) is 3.55. The quantitative estimate of drug-likeness (QED) is 0.840. The van der Waals surface area contributed by atoms with Gasteiger partial charge >= 0.3 is 5.97 Å². The molecule has 0 bridgehead atoms. The zero-order valence-corrected chi connectivity index (χ0v) is 12.4. The predicted octanol–water partition coefficient (Wildman–Crippen LogP) is 0.849. The van der Waals surface area contributed by atoms with E-state index < -0.39 is 22.1 Å². The molecule has 1 atom stereocenters. The normalized spacial score (nSPS) is 20.3. The van der Waals surface area contributed by atoms with Gasteiger partial charge in [0, 0.05) is 19.5 Å². The average molecular weight is 313 g/mol. The van der Waals surface area contributed by atoms with Gasteiger partial charge in [0.05, 0.1) is 11.0 Å². The summed E-state index contributed by atoms with van der Waals surface area (Å²) in [6.45, 7) is 0.545. The van der Waals surface area contributed by atoms with Gasteiger partial charge in [0.1, 0.15) is 0 Å². The van der Waals surface area contributed by atoms with E-state index in [1.165, 1.54) is 16.4 Å². The van der Waals surface area contributed by atoms with Crippen molar-refractivity contribution >= 4 is 16.0 Å². The van der Waals surface area contributed by atoms with Gasteiger partial charge in [-0.1, -0.05) is 12.1 Å². The number of aliphatic hydroxyl groups is 1. The maximum atomic E-state index is 12.4. The number of β-amino-alcohol motifs (C(OH)–C–C–N with tert-alkyl or cyclic N) is 1. The van der Waals surface area contributed by atoms with Gasteiger partial charge in [0.15, 0.2) is 0 Å². The SMILES string of the molecule is O=C(O)CCc1ccc(S(=O)(=O)N2CCCC(O)C2)cc1. The number of benzene rings is 1. The number of aliphatic carboxylic acids is 1. The highest BCUT2D eigenvalue weighted by atomic mass is 32.2. The summed E-state index contributed by atoms with van der Waals surface area (Å²) in [6.07, 6.45) is 1.06. The van der Waals surface area contributed by atoms with E-state index in [-0.39, 0.29) is 17.9 Å². The first-order valence-corrected chi connectivity index (χ1v) is 8.32. The second kappa shape index (κ2) is 6.55. The third kappa shape index (κ3) is 4.03. The first-order valence-electron chi connectivity index (χ1n) is 6.88. The first-order chi connectivity index (χ1) is 9.89. The van der Waals surface area contributed by atoms with Crippen LogP contribution in [0, 0.1) is 0 Å². The van der Waals surface area contributed by atoms with E-state index in [4.69, 9.17) is 5.11 Å². The molecular formula is C14H19NO5S. The van der Waals surface area contributed by atoms with Crippen molar-refractivity contribution in [2.75, 3.05) is 13.1 Å². The Kier molecular flexibility index (Phi) is 4.97. The van der Waals surface area contributed by atoms with E-state index in [1.54, 1.807) is 12.1 Å². The van der Waals surface area contributed by atoms with E-state index in [9.17, 15) is 18.3 Å². The second-order valence-electron chi connectivity index (χ2n) is 5.20. The smallest absolute Gasteiger partial charge is 0.303 e. The predicted molar refractivity (Wildman–Crippen MR) is 76.4 cm³/mol. The van der Waals surface area contributed by atoms with Gasteiger partial charge in [-0.05, 0) is 37.0 Å². The number of carboxylic acids is 1. The van der Waals surface area contributed by atoms with Crippen LogP contribution in [-0.4, -0.2) is 48.1 Å². The molecule has 1 heterocycles. The standard InChI is InChI=1S/C14H19NO5S/c16-12-2-1-9-15(10-12)21(19,20)13-6-3-11(4-7-13)5-8-14(17)18/h3-4,6-7,12,16H,1-2,5,8-10H2,(H,17,18). The molecule has 0 radical (unpaired) electrons. The average Bonchev–Trinajstić information content (AvgIpc) is 2.45. The lowest BCUT2D eigenvalue weighted by Gasteiger charge is -2.29. The second-order valence-corrected chi connectivity index (χ2v) is 7.13. The van der Waals surface area contributed by atoms with E-state index in [2.05, 4.69) is 0 Å². The molecule has 1 saturated heterocycles. The van der Waals surface area contributed by atoms with Crippen LogP contribution in [0.15, 0.2) is 29.2 Å². The van der Waals surface area contributed by atoms with Crippen LogP contribution in [0.1, 0.15) is 24.8 Å². The Hall–Kier alpha value is -1.44. The Morgan fingerprint density at radius 3 is 2.52 bits per heavy atom. The lowest BCUT2D eigenvalue weighted by Crippen LogP contribution is -2.42. The molecule has 21 heavy (non-hydrogen) atoms. The minimum atomic E-state index is -3.59. The summed E-state index contributed by atoms with van der Waals surface area (Å²) in [5.74, 6) is -0.881. The zero-order chi connectivity index (χ0) is 15.5. The lowest BCUT2D eigenvalue weighted by atomic mass is 10.1. The van der Waals surface area contributed by atoms with Crippen molar-refractivity contribution in [3.8, 4) is 0 Å². The molecule has 1 aliphatic rings. The topological polar surface area (TPSA) is 94.9 Å². The zero-order valence-electron chi connectivity index (χ0n) is 11.6. The van der Waals surface area contributed by atoms with Gasteiger partial charge in [-0.3, -0.25) is 4.79 Å². The molecule has 116 valence electrons. The summed E-state index contributed by atoms with van der Waals surface area (Å²) in [6, 6.07) is 6.26. The maximum Gasteiger partial charge on any atom is 0.303 e. The number of aliphatic hydroxyl groups excluding tert-OH is 1.